The number of esters is 3. The predicted octanol–water partition coefficient (Wildman–Crippen LogP) is 14.1. The molecule has 6 heteroatoms. The zero-order valence-corrected chi connectivity index (χ0v) is 36.2. The van der Waals surface area contributed by atoms with Crippen molar-refractivity contribution in [1.82, 2.24) is 0 Å². The molecule has 0 heterocycles. The van der Waals surface area contributed by atoms with Crippen molar-refractivity contribution in [2.24, 2.45) is 0 Å². The zero-order valence-electron chi connectivity index (χ0n) is 36.2. The SMILES string of the molecule is CC\C=C/C=C\C=C/C=C\CCCCCC(=O)OC(COC(=O)CC/C=C\C/C=C\C/C=C\C/C=C\C/C=C\CC)COC(=O)CCC/C=C\C/C=C\C/C=C\CC. The van der Waals surface area contributed by atoms with Gasteiger partial charge in [-0.15, -0.1) is 0 Å². The Bertz CT molecular complexity index is 1380. The van der Waals surface area contributed by atoms with Crippen LogP contribution in [0, 0.1) is 0 Å². The normalized spacial score (nSPS) is 13.5. The van der Waals surface area contributed by atoms with Crippen LogP contribution in [0.1, 0.15) is 143 Å². The minimum atomic E-state index is -0.853. The molecule has 0 aliphatic carbocycles. The van der Waals surface area contributed by atoms with E-state index in [0.29, 0.717) is 19.3 Å². The van der Waals surface area contributed by atoms with Crippen LogP contribution < -0.4 is 0 Å². The minimum absolute atomic E-state index is 0.151. The molecular weight excluding hydrogens is 721 g/mol. The average molecular weight is 797 g/mol. The monoisotopic (exact) mass is 797 g/mol. The van der Waals surface area contributed by atoms with E-state index >= 15 is 0 Å². The maximum absolute atomic E-state index is 12.7. The molecule has 0 aliphatic heterocycles. The van der Waals surface area contributed by atoms with Gasteiger partial charge in [0, 0.05) is 19.3 Å². The fourth-order valence-electron chi connectivity index (χ4n) is 4.99. The van der Waals surface area contributed by atoms with Gasteiger partial charge < -0.3 is 14.2 Å². The first kappa shape index (κ1) is 53.3. The fourth-order valence-corrected chi connectivity index (χ4v) is 4.99. The van der Waals surface area contributed by atoms with Gasteiger partial charge in [0.25, 0.3) is 0 Å². The lowest BCUT2D eigenvalue weighted by Gasteiger charge is -2.18. The van der Waals surface area contributed by atoms with Gasteiger partial charge in [0.1, 0.15) is 13.2 Å². The quantitative estimate of drug-likeness (QED) is 0.0207. The Labute approximate surface area is 353 Å². The molecule has 0 aliphatic rings. The van der Waals surface area contributed by atoms with E-state index < -0.39 is 6.10 Å². The Morgan fingerprint density at radius 1 is 0.362 bits per heavy atom. The number of hydrogen-bond acceptors (Lipinski definition) is 6. The van der Waals surface area contributed by atoms with E-state index in [9.17, 15) is 14.4 Å². The Morgan fingerprint density at radius 3 is 1.28 bits per heavy atom. The van der Waals surface area contributed by atoms with Gasteiger partial charge in [0.05, 0.1) is 0 Å². The summed E-state index contributed by atoms with van der Waals surface area (Å²) in [6.07, 6.45) is 64.2. The van der Waals surface area contributed by atoms with E-state index in [-0.39, 0.29) is 50.4 Å². The van der Waals surface area contributed by atoms with E-state index in [4.69, 9.17) is 14.2 Å². The van der Waals surface area contributed by atoms with Gasteiger partial charge in [0.2, 0.25) is 0 Å². The third kappa shape index (κ3) is 42.4. The molecule has 0 fully saturated rings. The molecule has 1 unspecified atom stereocenters. The second kappa shape index (κ2) is 45.0. The number of allylic oxidation sites excluding steroid dienone is 24. The summed E-state index contributed by atoms with van der Waals surface area (Å²) >= 11 is 0. The molecule has 320 valence electrons. The van der Waals surface area contributed by atoms with Gasteiger partial charge in [-0.05, 0) is 96.3 Å². The summed E-state index contributed by atoms with van der Waals surface area (Å²) < 4.78 is 16.5. The van der Waals surface area contributed by atoms with Gasteiger partial charge in [-0.2, -0.15) is 0 Å². The maximum atomic E-state index is 12.7. The number of unbranched alkanes of at least 4 members (excludes halogenated alkanes) is 4. The van der Waals surface area contributed by atoms with E-state index in [1.165, 1.54) is 0 Å². The summed E-state index contributed by atoms with van der Waals surface area (Å²) in [6, 6.07) is 0. The Balaban J connectivity index is 4.66. The lowest BCUT2D eigenvalue weighted by Crippen LogP contribution is -2.30. The molecule has 6 nitrogen and oxygen atoms in total. The maximum Gasteiger partial charge on any atom is 0.306 e. The Morgan fingerprint density at radius 2 is 0.759 bits per heavy atom. The van der Waals surface area contributed by atoms with Crippen molar-refractivity contribution in [3.63, 3.8) is 0 Å². The van der Waals surface area contributed by atoms with Gasteiger partial charge in [-0.1, -0.05) is 173 Å². The average Bonchev–Trinajstić information content (AvgIpc) is 3.22. The molecule has 58 heavy (non-hydrogen) atoms. The van der Waals surface area contributed by atoms with Crippen LogP contribution in [-0.2, 0) is 28.6 Å². The van der Waals surface area contributed by atoms with Crippen molar-refractivity contribution in [3.05, 3.63) is 146 Å². The van der Waals surface area contributed by atoms with Crippen LogP contribution in [-0.4, -0.2) is 37.2 Å². The molecule has 1 atom stereocenters. The highest BCUT2D eigenvalue weighted by Gasteiger charge is 2.19. The van der Waals surface area contributed by atoms with E-state index in [2.05, 4.69) is 118 Å². The number of hydrogen-bond donors (Lipinski definition) is 0. The summed E-state index contributed by atoms with van der Waals surface area (Å²) in [4.78, 5) is 37.7. The molecule has 0 rings (SSSR count). The van der Waals surface area contributed by atoms with Crippen LogP contribution in [0.2, 0.25) is 0 Å². The molecule has 0 saturated heterocycles. The van der Waals surface area contributed by atoms with Crippen LogP contribution in [0.3, 0.4) is 0 Å². The van der Waals surface area contributed by atoms with Crippen LogP contribution in [0.5, 0.6) is 0 Å². The Hall–Kier alpha value is -4.71. The Kier molecular flexibility index (Phi) is 41.3. The molecule has 0 aromatic carbocycles. The first-order chi connectivity index (χ1) is 28.5. The zero-order chi connectivity index (χ0) is 42.3. The minimum Gasteiger partial charge on any atom is -0.462 e. The molecule has 0 saturated carbocycles. The second-order valence-corrected chi connectivity index (χ2v) is 13.5. The second-order valence-electron chi connectivity index (χ2n) is 13.5. The largest absolute Gasteiger partial charge is 0.462 e. The molecule has 0 amide bonds. The molecule has 0 radical (unpaired) electrons. The number of ether oxygens (including phenoxy) is 3. The van der Waals surface area contributed by atoms with Crippen molar-refractivity contribution < 1.29 is 28.6 Å². The van der Waals surface area contributed by atoms with Crippen molar-refractivity contribution in [2.75, 3.05) is 13.2 Å². The highest BCUT2D eigenvalue weighted by molar-refractivity contribution is 5.71. The lowest BCUT2D eigenvalue weighted by atomic mass is 10.1. The number of rotatable bonds is 36. The standard InChI is InChI=1S/C52H76O6/c1-4-7-10-13-16-19-22-24-25-26-28-30-33-36-39-42-45-51(54)57-48-49(47-56-50(53)44-41-38-35-32-29-21-18-15-12-9-6-3)58-52(55)46-43-40-37-34-31-27-23-20-17-14-11-8-5-2/h7-12,14,16-21,23-25,27-28,30-32,35-36,39,49H,4-6,13,15,22,26,29,33-34,37-38,40-48H2,1-3H3/b10-7-,11-8-,12-9-,17-14-,19-16-,21-18-,23-20-,25-24-,30-28-,31-27-,35-32-,39-36-. The number of carbonyl (C=O) groups excluding carboxylic acids is 3. The van der Waals surface area contributed by atoms with Gasteiger partial charge in [-0.3, -0.25) is 14.4 Å². The molecule has 0 aromatic rings. The highest BCUT2D eigenvalue weighted by Crippen LogP contribution is 2.09. The van der Waals surface area contributed by atoms with Crippen LogP contribution in [0.4, 0.5) is 0 Å². The summed E-state index contributed by atoms with van der Waals surface area (Å²) in [5.41, 5.74) is 0. The molecule has 0 spiro atoms. The third-order valence-corrected chi connectivity index (χ3v) is 8.18. The lowest BCUT2D eigenvalue weighted by molar-refractivity contribution is -0.166. The van der Waals surface area contributed by atoms with Crippen LogP contribution >= 0.6 is 0 Å². The predicted molar refractivity (Wildman–Crippen MR) is 246 cm³/mol. The molecule has 0 bridgehead atoms. The molecule has 0 N–H and O–H groups in total. The van der Waals surface area contributed by atoms with Crippen molar-refractivity contribution >= 4 is 17.9 Å². The van der Waals surface area contributed by atoms with Crippen LogP contribution in [0.25, 0.3) is 0 Å². The van der Waals surface area contributed by atoms with Crippen molar-refractivity contribution in [2.45, 2.75) is 149 Å². The fraction of sp³-hybridized carbons (Fsp3) is 0.481. The topological polar surface area (TPSA) is 78.9 Å². The number of carbonyl (C=O) groups is 3. The third-order valence-electron chi connectivity index (χ3n) is 8.18. The molecular formula is C52H76O6. The first-order valence-corrected chi connectivity index (χ1v) is 21.9. The van der Waals surface area contributed by atoms with Gasteiger partial charge in [0.15, 0.2) is 6.10 Å². The van der Waals surface area contributed by atoms with E-state index in [1.54, 1.807) is 0 Å². The van der Waals surface area contributed by atoms with Gasteiger partial charge >= 0.3 is 17.9 Å². The summed E-state index contributed by atoms with van der Waals surface area (Å²) in [5, 5.41) is 0. The van der Waals surface area contributed by atoms with Gasteiger partial charge in [-0.25, -0.2) is 0 Å². The van der Waals surface area contributed by atoms with E-state index in [0.717, 1.165) is 83.5 Å². The summed E-state index contributed by atoms with van der Waals surface area (Å²) in [6.45, 7) is 6.06. The van der Waals surface area contributed by atoms with Crippen molar-refractivity contribution in [3.8, 4) is 0 Å². The smallest absolute Gasteiger partial charge is 0.306 e. The van der Waals surface area contributed by atoms with Crippen molar-refractivity contribution in [1.29, 1.82) is 0 Å². The first-order valence-electron chi connectivity index (χ1n) is 21.9. The molecule has 0 aromatic heterocycles. The summed E-state index contributed by atoms with van der Waals surface area (Å²) in [5.74, 6) is -1.15. The van der Waals surface area contributed by atoms with Crippen LogP contribution in [0.15, 0.2) is 146 Å². The highest BCUT2D eigenvalue weighted by atomic mass is 16.6. The van der Waals surface area contributed by atoms with E-state index in [1.807, 2.05) is 48.6 Å². The summed E-state index contributed by atoms with van der Waals surface area (Å²) in [7, 11) is 0.